The van der Waals surface area contributed by atoms with Gasteiger partial charge in [-0.1, -0.05) is 46.0 Å². The monoisotopic (exact) mass is 253 g/mol. The smallest absolute Gasteiger partial charge is 0.212 e. The van der Waals surface area contributed by atoms with E-state index >= 15 is 0 Å². The fourth-order valence-electron chi connectivity index (χ4n) is 1.72. The van der Waals surface area contributed by atoms with Gasteiger partial charge in [-0.3, -0.25) is 0 Å². The summed E-state index contributed by atoms with van der Waals surface area (Å²) in [5, 5.41) is 15.1. The van der Waals surface area contributed by atoms with Gasteiger partial charge in [0.15, 0.2) is 0 Å². The average Bonchev–Trinajstić information content (AvgIpc) is 2.71. The summed E-state index contributed by atoms with van der Waals surface area (Å²) in [5.74, 6) is 0.309. The minimum Gasteiger partial charge on any atom is -0.390 e. The van der Waals surface area contributed by atoms with Crippen LogP contribution in [-0.2, 0) is 12.0 Å². The fourth-order valence-corrected chi connectivity index (χ4v) is 2.70. The summed E-state index contributed by atoms with van der Waals surface area (Å²) in [6, 6.07) is 0. The van der Waals surface area contributed by atoms with E-state index in [2.05, 4.69) is 44.7 Å². The van der Waals surface area contributed by atoms with E-state index in [9.17, 15) is 5.11 Å². The summed E-state index contributed by atoms with van der Waals surface area (Å²) in [6.45, 7) is 10.5. The molecule has 0 aliphatic heterocycles. The lowest BCUT2D eigenvalue weighted by atomic mass is 9.98. The second kappa shape index (κ2) is 4.07. The van der Waals surface area contributed by atoms with Crippen LogP contribution < -0.4 is 0 Å². The maximum Gasteiger partial charge on any atom is 0.212 e. The quantitative estimate of drug-likeness (QED) is 0.895. The molecule has 1 N–H and O–H groups in total. The molecule has 0 unspecified atom stereocenters. The average molecular weight is 253 g/mol. The standard InChI is InChI=1S/C12H19N3OS/c1-7(2)9-8(6-16)15-11(13-9)17-10(14-15)12(3,4)5/h7,16H,6H2,1-5H3. The zero-order valence-corrected chi connectivity index (χ0v) is 11.8. The highest BCUT2D eigenvalue weighted by Gasteiger charge is 2.23. The highest BCUT2D eigenvalue weighted by molar-refractivity contribution is 7.16. The van der Waals surface area contributed by atoms with Crippen molar-refractivity contribution in [2.75, 3.05) is 0 Å². The van der Waals surface area contributed by atoms with Crippen LogP contribution in [-0.4, -0.2) is 19.7 Å². The van der Waals surface area contributed by atoms with E-state index in [1.54, 1.807) is 15.9 Å². The molecule has 0 spiro atoms. The number of aliphatic hydroxyl groups excluding tert-OH is 1. The fraction of sp³-hybridized carbons (Fsp3) is 0.667. The predicted octanol–water partition coefficient (Wildman–Crippen LogP) is 2.70. The summed E-state index contributed by atoms with van der Waals surface area (Å²) >= 11 is 1.60. The molecule has 0 radical (unpaired) electrons. The molecular formula is C12H19N3OS. The first-order valence-corrected chi connectivity index (χ1v) is 6.66. The zero-order valence-electron chi connectivity index (χ0n) is 11.0. The minimum absolute atomic E-state index is 0.0119. The van der Waals surface area contributed by atoms with Gasteiger partial charge in [0.2, 0.25) is 4.96 Å². The highest BCUT2D eigenvalue weighted by atomic mass is 32.1. The van der Waals surface area contributed by atoms with E-state index in [4.69, 9.17) is 0 Å². The maximum absolute atomic E-state index is 9.47. The van der Waals surface area contributed by atoms with E-state index in [1.807, 2.05) is 0 Å². The Morgan fingerprint density at radius 2 is 2.00 bits per heavy atom. The molecule has 0 aliphatic rings. The molecule has 4 nitrogen and oxygen atoms in total. The second-order valence-corrected chi connectivity index (χ2v) is 6.56. The molecule has 17 heavy (non-hydrogen) atoms. The Morgan fingerprint density at radius 1 is 1.35 bits per heavy atom. The number of fused-ring (bicyclic) bond motifs is 1. The lowest BCUT2D eigenvalue weighted by molar-refractivity contribution is 0.272. The van der Waals surface area contributed by atoms with Crippen molar-refractivity contribution in [2.45, 2.75) is 52.6 Å². The van der Waals surface area contributed by atoms with E-state index in [0.29, 0.717) is 5.92 Å². The third-order valence-corrected chi connectivity index (χ3v) is 4.00. The van der Waals surface area contributed by atoms with Gasteiger partial charge in [0.1, 0.15) is 5.01 Å². The third kappa shape index (κ3) is 2.09. The van der Waals surface area contributed by atoms with Gasteiger partial charge in [-0.2, -0.15) is 5.10 Å². The molecule has 2 aromatic heterocycles. The lowest BCUT2D eigenvalue weighted by Crippen LogP contribution is -2.11. The largest absolute Gasteiger partial charge is 0.390 e. The SMILES string of the molecule is CC(C)c1nc2sc(C(C)(C)C)nn2c1CO. The number of imidazole rings is 1. The van der Waals surface area contributed by atoms with Crippen LogP contribution in [0.15, 0.2) is 0 Å². The van der Waals surface area contributed by atoms with Gasteiger partial charge in [-0.05, 0) is 5.92 Å². The van der Waals surface area contributed by atoms with Crippen LogP contribution in [0.3, 0.4) is 0 Å². The number of hydrogen-bond donors (Lipinski definition) is 1. The van der Waals surface area contributed by atoms with Crippen molar-refractivity contribution in [1.82, 2.24) is 14.6 Å². The third-order valence-electron chi connectivity index (χ3n) is 2.67. The molecule has 0 saturated heterocycles. The summed E-state index contributed by atoms with van der Waals surface area (Å²) in [4.78, 5) is 5.45. The summed E-state index contributed by atoms with van der Waals surface area (Å²) < 4.78 is 1.79. The van der Waals surface area contributed by atoms with E-state index in [1.165, 1.54) is 0 Å². The van der Waals surface area contributed by atoms with Gasteiger partial charge in [-0.25, -0.2) is 9.50 Å². The molecule has 0 bridgehead atoms. The number of aromatic nitrogens is 3. The van der Waals surface area contributed by atoms with Crippen molar-refractivity contribution in [3.05, 3.63) is 16.4 Å². The van der Waals surface area contributed by atoms with Gasteiger partial charge in [-0.15, -0.1) is 0 Å². The van der Waals surface area contributed by atoms with Gasteiger partial charge in [0, 0.05) is 5.41 Å². The molecule has 0 aliphatic carbocycles. The Bertz CT molecular complexity index is 534. The van der Waals surface area contributed by atoms with E-state index in [-0.39, 0.29) is 12.0 Å². The van der Waals surface area contributed by atoms with Gasteiger partial charge < -0.3 is 5.11 Å². The normalized spacial score (nSPS) is 12.9. The summed E-state index contributed by atoms with van der Waals surface area (Å²) in [5.41, 5.74) is 1.80. The first-order chi connectivity index (χ1) is 7.84. The number of rotatable bonds is 2. The van der Waals surface area contributed by atoms with Gasteiger partial charge in [0.25, 0.3) is 0 Å². The van der Waals surface area contributed by atoms with Gasteiger partial charge in [0.05, 0.1) is 18.0 Å². The van der Waals surface area contributed by atoms with E-state index in [0.717, 1.165) is 21.4 Å². The Balaban J connectivity index is 2.61. The predicted molar refractivity (Wildman–Crippen MR) is 69.6 cm³/mol. The zero-order chi connectivity index (χ0) is 12.8. The Kier molecular flexibility index (Phi) is 2.99. The highest BCUT2D eigenvalue weighted by Crippen LogP contribution is 2.30. The summed E-state index contributed by atoms with van der Waals surface area (Å²) in [7, 11) is 0. The minimum atomic E-state index is -0.0119. The first kappa shape index (κ1) is 12.5. The van der Waals surface area contributed by atoms with Gasteiger partial charge >= 0.3 is 0 Å². The first-order valence-electron chi connectivity index (χ1n) is 5.84. The van der Waals surface area contributed by atoms with Crippen LogP contribution in [0.1, 0.15) is 56.9 Å². The Labute approximate surface area is 105 Å². The molecule has 2 rings (SSSR count). The molecule has 0 aromatic carbocycles. The van der Waals surface area contributed by atoms with Crippen molar-refractivity contribution in [1.29, 1.82) is 0 Å². The molecule has 0 atom stereocenters. The van der Waals surface area contributed by atoms with Crippen molar-refractivity contribution in [3.63, 3.8) is 0 Å². The lowest BCUT2D eigenvalue weighted by Gasteiger charge is -2.12. The number of nitrogens with zero attached hydrogens (tertiary/aromatic N) is 3. The van der Waals surface area contributed by atoms with Crippen LogP contribution in [0.2, 0.25) is 0 Å². The van der Waals surface area contributed by atoms with Crippen LogP contribution in [0, 0.1) is 0 Å². The van der Waals surface area contributed by atoms with Crippen LogP contribution in [0.4, 0.5) is 0 Å². The molecule has 0 fully saturated rings. The summed E-state index contributed by atoms with van der Waals surface area (Å²) in [6.07, 6.45) is 0. The molecule has 5 heteroatoms. The van der Waals surface area contributed by atoms with E-state index < -0.39 is 0 Å². The van der Waals surface area contributed by atoms with Crippen molar-refractivity contribution >= 4 is 16.3 Å². The Hall–Kier alpha value is -0.940. The molecular weight excluding hydrogens is 234 g/mol. The second-order valence-electron chi connectivity index (χ2n) is 5.61. The molecule has 0 amide bonds. The van der Waals surface area contributed by atoms with Crippen molar-refractivity contribution in [2.24, 2.45) is 0 Å². The number of hydrogen-bond acceptors (Lipinski definition) is 4. The topological polar surface area (TPSA) is 50.4 Å². The molecule has 94 valence electrons. The van der Waals surface area contributed by atoms with Crippen LogP contribution >= 0.6 is 11.3 Å². The molecule has 0 saturated carbocycles. The van der Waals surface area contributed by atoms with Crippen molar-refractivity contribution < 1.29 is 5.11 Å². The number of aliphatic hydroxyl groups is 1. The Morgan fingerprint density at radius 3 is 2.47 bits per heavy atom. The van der Waals surface area contributed by atoms with Crippen LogP contribution in [0.5, 0.6) is 0 Å². The molecule has 2 aromatic rings. The van der Waals surface area contributed by atoms with Crippen LogP contribution in [0.25, 0.3) is 4.96 Å². The molecule has 2 heterocycles. The van der Waals surface area contributed by atoms with Crippen molar-refractivity contribution in [3.8, 4) is 0 Å². The maximum atomic E-state index is 9.47.